The van der Waals surface area contributed by atoms with Gasteiger partial charge in [0.15, 0.2) is 0 Å². The highest BCUT2D eigenvalue weighted by Gasteiger charge is 2.40. The van der Waals surface area contributed by atoms with Crippen LogP contribution in [0.1, 0.15) is 82.1 Å². The van der Waals surface area contributed by atoms with Gasteiger partial charge in [-0.25, -0.2) is 0 Å². The molecule has 0 aromatic rings. The van der Waals surface area contributed by atoms with Crippen LogP contribution in [0.2, 0.25) is 0 Å². The van der Waals surface area contributed by atoms with Crippen molar-refractivity contribution in [3.05, 3.63) is 0 Å². The normalized spacial score (nSPS) is 25.4. The van der Waals surface area contributed by atoms with Gasteiger partial charge in [-0.2, -0.15) is 0 Å². The molecule has 2 rings (SSSR count). The summed E-state index contributed by atoms with van der Waals surface area (Å²) >= 11 is 0. The van der Waals surface area contributed by atoms with E-state index in [9.17, 15) is 0 Å². The van der Waals surface area contributed by atoms with Gasteiger partial charge in [0.2, 0.25) is 0 Å². The Balaban J connectivity index is 1.90. The second kappa shape index (κ2) is 7.35. The minimum Gasteiger partial charge on any atom is -0.300 e. The molecule has 1 N–H and O–H groups in total. The number of hydrogen-bond donors (Lipinski definition) is 1. The molecule has 154 valence electrons. The van der Waals surface area contributed by atoms with Crippen LogP contribution in [0.25, 0.3) is 0 Å². The fraction of sp³-hybridized carbons (Fsp3) is 1.00. The smallest absolute Gasteiger partial charge is 0.0516 e. The van der Waals surface area contributed by atoms with Gasteiger partial charge in [-0.05, 0) is 66.7 Å². The summed E-state index contributed by atoms with van der Waals surface area (Å²) in [6.07, 6.45) is 2.49. The Morgan fingerprint density at radius 1 is 0.731 bits per heavy atom. The Bertz CT molecular complexity index is 426. The van der Waals surface area contributed by atoms with Gasteiger partial charge in [0, 0.05) is 49.0 Å². The van der Waals surface area contributed by atoms with Crippen molar-refractivity contribution in [3.63, 3.8) is 0 Å². The third kappa shape index (κ3) is 5.21. The van der Waals surface area contributed by atoms with Crippen molar-refractivity contribution in [1.82, 2.24) is 20.0 Å². The number of nitrogens with zero attached hydrogens (tertiary/aromatic N) is 3. The van der Waals surface area contributed by atoms with Crippen molar-refractivity contribution in [3.8, 4) is 0 Å². The molecule has 2 heterocycles. The lowest BCUT2D eigenvalue weighted by molar-refractivity contribution is 0.0609. The molecule has 0 amide bonds. The summed E-state index contributed by atoms with van der Waals surface area (Å²) in [6, 6.07) is 0.591. The van der Waals surface area contributed by atoms with Crippen LogP contribution in [-0.2, 0) is 0 Å². The van der Waals surface area contributed by atoms with Crippen molar-refractivity contribution in [2.75, 3.05) is 33.0 Å². The molecule has 0 spiro atoms. The van der Waals surface area contributed by atoms with Crippen LogP contribution in [0, 0.1) is 5.41 Å². The zero-order valence-electron chi connectivity index (χ0n) is 19.4. The lowest BCUT2D eigenvalue weighted by atomic mass is 9.85. The molecule has 2 aliphatic heterocycles. The zero-order chi connectivity index (χ0) is 20.0. The van der Waals surface area contributed by atoms with E-state index in [2.05, 4.69) is 89.3 Å². The van der Waals surface area contributed by atoms with E-state index in [1.54, 1.807) is 0 Å². The summed E-state index contributed by atoms with van der Waals surface area (Å²) in [5.74, 6) is 0. The molecule has 0 aromatic heterocycles. The van der Waals surface area contributed by atoms with E-state index >= 15 is 0 Å². The van der Waals surface area contributed by atoms with E-state index in [1.165, 1.54) is 32.5 Å². The van der Waals surface area contributed by atoms with Gasteiger partial charge >= 0.3 is 0 Å². The van der Waals surface area contributed by atoms with Gasteiger partial charge in [-0.15, -0.1) is 0 Å². The van der Waals surface area contributed by atoms with Crippen LogP contribution < -0.4 is 5.32 Å². The number of hydrogen-bond acceptors (Lipinski definition) is 4. The first kappa shape index (κ1) is 22.1. The van der Waals surface area contributed by atoms with E-state index in [0.29, 0.717) is 11.5 Å². The third-order valence-corrected chi connectivity index (χ3v) is 6.97. The highest BCUT2D eigenvalue weighted by molar-refractivity contribution is 4.96. The molecular formula is C22H46N4. The van der Waals surface area contributed by atoms with Crippen LogP contribution in [-0.4, -0.2) is 70.3 Å². The van der Waals surface area contributed by atoms with Crippen molar-refractivity contribution >= 4 is 0 Å². The van der Waals surface area contributed by atoms with Crippen LogP contribution in [0.15, 0.2) is 0 Å². The minimum absolute atomic E-state index is 0.244. The Labute approximate surface area is 163 Å². The first-order valence-corrected chi connectivity index (χ1v) is 10.6. The fourth-order valence-electron chi connectivity index (χ4n) is 4.17. The van der Waals surface area contributed by atoms with Crippen LogP contribution in [0.3, 0.4) is 0 Å². The summed E-state index contributed by atoms with van der Waals surface area (Å²) in [7, 11) is 0. The van der Waals surface area contributed by atoms with Gasteiger partial charge in [0.25, 0.3) is 0 Å². The maximum absolute atomic E-state index is 3.74. The molecule has 0 bridgehead atoms. The quantitative estimate of drug-likeness (QED) is 0.794. The van der Waals surface area contributed by atoms with Crippen LogP contribution >= 0.6 is 0 Å². The van der Waals surface area contributed by atoms with Crippen LogP contribution in [0.4, 0.5) is 0 Å². The van der Waals surface area contributed by atoms with Gasteiger partial charge in [0.1, 0.15) is 0 Å². The highest BCUT2D eigenvalue weighted by Crippen LogP contribution is 2.33. The summed E-state index contributed by atoms with van der Waals surface area (Å²) in [5.41, 5.74) is 1.10. The van der Waals surface area contributed by atoms with Gasteiger partial charge < -0.3 is 0 Å². The summed E-state index contributed by atoms with van der Waals surface area (Å²) in [5, 5.41) is 3.74. The fourth-order valence-corrected chi connectivity index (χ4v) is 4.17. The lowest BCUT2D eigenvalue weighted by Gasteiger charge is -2.42. The first-order chi connectivity index (χ1) is 11.6. The molecule has 0 aromatic carbocycles. The topological polar surface area (TPSA) is 21.8 Å². The Morgan fingerprint density at radius 3 is 1.65 bits per heavy atom. The summed E-state index contributed by atoms with van der Waals surface area (Å²) in [4.78, 5) is 7.96. The lowest BCUT2D eigenvalue weighted by Crippen LogP contribution is -2.49. The maximum Gasteiger partial charge on any atom is 0.0516 e. The van der Waals surface area contributed by atoms with Gasteiger partial charge in [0.05, 0.1) is 6.67 Å². The molecule has 26 heavy (non-hydrogen) atoms. The molecule has 1 unspecified atom stereocenters. The Morgan fingerprint density at radius 2 is 1.23 bits per heavy atom. The molecule has 1 atom stereocenters. The highest BCUT2D eigenvalue weighted by atomic mass is 15.4. The zero-order valence-corrected chi connectivity index (χ0v) is 19.4. The number of rotatable bonds is 5. The van der Waals surface area contributed by atoms with Crippen molar-refractivity contribution < 1.29 is 0 Å². The average Bonchev–Trinajstić information content (AvgIpc) is 3.13. The number of nitrogens with one attached hydrogen (secondary N) is 1. The van der Waals surface area contributed by atoms with Gasteiger partial charge in [-0.3, -0.25) is 20.0 Å². The Hall–Kier alpha value is -0.160. The average molecular weight is 367 g/mol. The Kier molecular flexibility index (Phi) is 6.25. The predicted molar refractivity (Wildman–Crippen MR) is 113 cm³/mol. The van der Waals surface area contributed by atoms with E-state index in [1.807, 2.05) is 0 Å². The molecule has 2 aliphatic rings. The summed E-state index contributed by atoms with van der Waals surface area (Å²) < 4.78 is 0. The predicted octanol–water partition coefficient (Wildman–Crippen LogP) is 3.97. The van der Waals surface area contributed by atoms with E-state index in [-0.39, 0.29) is 16.6 Å². The molecule has 2 fully saturated rings. The van der Waals surface area contributed by atoms with E-state index in [0.717, 1.165) is 13.3 Å². The third-order valence-electron chi connectivity index (χ3n) is 6.97. The standard InChI is InChI=1S/C22H46N4/c1-19(2,3)18-15-26(16-23-18)22(9,10)12-11-21(7,8)25-14-13-24(17-25)20(4,5)6/h18,23H,11-17H2,1-10H3. The molecule has 0 saturated carbocycles. The molecule has 0 aliphatic carbocycles. The maximum atomic E-state index is 3.74. The molecule has 2 saturated heterocycles. The van der Waals surface area contributed by atoms with Gasteiger partial charge in [-0.1, -0.05) is 20.8 Å². The monoisotopic (exact) mass is 366 g/mol. The van der Waals surface area contributed by atoms with Crippen molar-refractivity contribution in [1.29, 1.82) is 0 Å². The molecule has 4 heteroatoms. The minimum atomic E-state index is 0.244. The van der Waals surface area contributed by atoms with Crippen molar-refractivity contribution in [2.45, 2.75) is 105 Å². The molecular weight excluding hydrogens is 320 g/mol. The van der Waals surface area contributed by atoms with Crippen LogP contribution in [0.5, 0.6) is 0 Å². The molecule has 0 radical (unpaired) electrons. The first-order valence-electron chi connectivity index (χ1n) is 10.6. The second-order valence-electron chi connectivity index (χ2n) is 12.0. The van der Waals surface area contributed by atoms with E-state index in [4.69, 9.17) is 0 Å². The van der Waals surface area contributed by atoms with Crippen molar-refractivity contribution in [2.24, 2.45) is 5.41 Å². The summed E-state index contributed by atoms with van der Waals surface area (Å²) in [6.45, 7) is 29.5. The largest absolute Gasteiger partial charge is 0.300 e. The van der Waals surface area contributed by atoms with E-state index < -0.39 is 0 Å². The SMILES string of the molecule is CC(C)(C)C1CN(C(C)(C)CCC(C)(C)N2CCN(C(C)(C)C)C2)CN1. The second-order valence-corrected chi connectivity index (χ2v) is 12.0. The molecule has 4 nitrogen and oxygen atoms in total.